The monoisotopic (exact) mass is 280 g/mol. The zero-order valence-corrected chi connectivity index (χ0v) is 11.9. The fourth-order valence-corrected chi connectivity index (χ4v) is 2.51. The predicted molar refractivity (Wildman–Crippen MR) is 75.4 cm³/mol. The van der Waals surface area contributed by atoms with Crippen LogP contribution < -0.4 is 10.9 Å². The highest BCUT2D eigenvalue weighted by Gasteiger charge is 2.30. The van der Waals surface area contributed by atoms with Crippen LogP contribution in [0.5, 0.6) is 0 Å². The van der Waals surface area contributed by atoms with Crippen molar-refractivity contribution in [1.82, 2.24) is 15.3 Å². The van der Waals surface area contributed by atoms with Crippen molar-refractivity contribution in [1.29, 1.82) is 0 Å². The van der Waals surface area contributed by atoms with E-state index in [-0.39, 0.29) is 11.9 Å². The Kier molecular flexibility index (Phi) is 4.89. The second-order valence-electron chi connectivity index (χ2n) is 5.32. The lowest BCUT2D eigenvalue weighted by Gasteiger charge is -2.37. The minimum absolute atomic E-state index is 0.0653. The van der Waals surface area contributed by atoms with Gasteiger partial charge in [-0.25, -0.2) is 9.37 Å². The summed E-state index contributed by atoms with van der Waals surface area (Å²) in [6.45, 7) is 5.14. The summed E-state index contributed by atoms with van der Waals surface area (Å²) in [6.07, 6.45) is 4.17. The lowest BCUT2D eigenvalue weighted by atomic mass is 10.00. The van der Waals surface area contributed by atoms with Crippen molar-refractivity contribution in [2.24, 2.45) is 0 Å². The van der Waals surface area contributed by atoms with E-state index in [9.17, 15) is 9.18 Å². The Morgan fingerprint density at radius 1 is 1.45 bits per heavy atom. The van der Waals surface area contributed by atoms with Gasteiger partial charge >= 0.3 is 0 Å². The maximum Gasteiger partial charge on any atom is 0.255 e. The zero-order valence-electron chi connectivity index (χ0n) is 11.9. The summed E-state index contributed by atoms with van der Waals surface area (Å²) in [5.74, 6) is -0.0451. The number of anilines is 1. The molecule has 0 aromatic carbocycles. The van der Waals surface area contributed by atoms with Crippen LogP contribution in [0.4, 0.5) is 10.2 Å². The van der Waals surface area contributed by atoms with Crippen molar-refractivity contribution >= 4 is 11.7 Å². The largest absolute Gasteiger partial charge is 0.289 e. The van der Waals surface area contributed by atoms with Gasteiger partial charge < -0.3 is 0 Å². The molecule has 1 unspecified atom stereocenters. The van der Waals surface area contributed by atoms with Crippen molar-refractivity contribution < 1.29 is 9.18 Å². The van der Waals surface area contributed by atoms with Crippen molar-refractivity contribution in [2.45, 2.75) is 45.2 Å². The maximum absolute atomic E-state index is 12.7. The van der Waals surface area contributed by atoms with Gasteiger partial charge in [0, 0.05) is 6.04 Å². The van der Waals surface area contributed by atoms with E-state index in [4.69, 9.17) is 0 Å². The molecule has 1 aromatic heterocycles. The van der Waals surface area contributed by atoms with Gasteiger partial charge in [0.2, 0.25) is 0 Å². The molecule has 2 N–H and O–H groups in total. The number of carbonyl (C=O) groups is 1. The molecule has 1 aromatic rings. The molecule has 1 aliphatic heterocycles. The predicted octanol–water partition coefficient (Wildman–Crippen LogP) is 1.93. The summed E-state index contributed by atoms with van der Waals surface area (Å²) in [4.78, 5) is 18.3. The minimum Gasteiger partial charge on any atom is -0.289 e. The van der Waals surface area contributed by atoms with E-state index >= 15 is 0 Å². The molecule has 2 rings (SSSR count). The molecule has 1 saturated heterocycles. The first kappa shape index (κ1) is 14.7. The Bertz CT molecular complexity index is 449. The number of hydrogen-bond donors (Lipinski definition) is 2. The third-order valence-electron chi connectivity index (χ3n) is 3.55. The third-order valence-corrected chi connectivity index (χ3v) is 3.55. The zero-order chi connectivity index (χ0) is 14.5. The molecule has 110 valence electrons. The highest BCUT2D eigenvalue weighted by atomic mass is 19.1. The van der Waals surface area contributed by atoms with Crippen molar-refractivity contribution in [3.05, 3.63) is 24.1 Å². The van der Waals surface area contributed by atoms with Crippen molar-refractivity contribution in [3.8, 4) is 0 Å². The number of pyridine rings is 1. The van der Waals surface area contributed by atoms with Crippen molar-refractivity contribution in [3.63, 3.8) is 0 Å². The molecular weight excluding hydrogens is 259 g/mol. The second kappa shape index (κ2) is 6.65. The molecule has 6 heteroatoms. The summed E-state index contributed by atoms with van der Waals surface area (Å²) in [7, 11) is 0. The van der Waals surface area contributed by atoms with Gasteiger partial charge in [-0.15, -0.1) is 0 Å². The van der Waals surface area contributed by atoms with E-state index in [1.165, 1.54) is 12.1 Å². The molecule has 1 amide bonds. The number of nitrogens with zero attached hydrogens (tertiary/aromatic N) is 2. The Morgan fingerprint density at radius 2 is 2.25 bits per heavy atom. The number of likely N-dealkylation sites (tertiary alicyclic amines) is 1. The number of piperidine rings is 1. The van der Waals surface area contributed by atoms with Crippen LogP contribution in [0, 0.1) is 5.82 Å². The molecule has 2 heterocycles. The van der Waals surface area contributed by atoms with Crippen LogP contribution in [-0.2, 0) is 4.79 Å². The first-order chi connectivity index (χ1) is 9.58. The van der Waals surface area contributed by atoms with E-state index in [1.807, 2.05) is 0 Å². The molecule has 20 heavy (non-hydrogen) atoms. The number of hydrazine groups is 1. The van der Waals surface area contributed by atoms with Crippen LogP contribution in [0.2, 0.25) is 0 Å². The average Bonchev–Trinajstić information content (AvgIpc) is 2.46. The molecule has 1 fully saturated rings. The number of aromatic nitrogens is 1. The molecule has 0 radical (unpaired) electrons. The fraction of sp³-hybridized carbons (Fsp3) is 0.571. The van der Waals surface area contributed by atoms with Gasteiger partial charge in [-0.1, -0.05) is 6.42 Å². The van der Waals surface area contributed by atoms with Crippen LogP contribution in [0.25, 0.3) is 0 Å². The Labute approximate surface area is 118 Å². The number of nitrogens with one attached hydrogen (secondary N) is 2. The normalized spacial score (nSPS) is 19.9. The van der Waals surface area contributed by atoms with Crippen LogP contribution in [0.1, 0.15) is 33.1 Å². The van der Waals surface area contributed by atoms with Crippen LogP contribution in [-0.4, -0.2) is 34.4 Å². The topological polar surface area (TPSA) is 57.3 Å². The first-order valence-corrected chi connectivity index (χ1v) is 7.01. The molecule has 0 spiro atoms. The van der Waals surface area contributed by atoms with E-state index in [0.29, 0.717) is 11.9 Å². The first-order valence-electron chi connectivity index (χ1n) is 7.01. The number of hydrogen-bond acceptors (Lipinski definition) is 4. The van der Waals surface area contributed by atoms with Gasteiger partial charge in [0.25, 0.3) is 5.91 Å². The lowest BCUT2D eigenvalue weighted by molar-refractivity contribution is -0.128. The Balaban J connectivity index is 1.91. The van der Waals surface area contributed by atoms with Gasteiger partial charge in [-0.3, -0.25) is 20.5 Å². The maximum atomic E-state index is 12.7. The number of rotatable bonds is 4. The number of carbonyl (C=O) groups excluding carboxylic acids is 1. The standard InChI is InChI=1S/C14H21FN4O/c1-10(2)19-8-4-3-5-12(19)14(20)18-17-13-7-6-11(15)9-16-13/h6-7,9-10,12H,3-5,8H2,1-2H3,(H,16,17)(H,18,20). The van der Waals surface area contributed by atoms with Crippen LogP contribution in [0.15, 0.2) is 18.3 Å². The average molecular weight is 280 g/mol. The molecule has 1 aliphatic rings. The summed E-state index contributed by atoms with van der Waals surface area (Å²) >= 11 is 0. The Morgan fingerprint density at radius 3 is 2.90 bits per heavy atom. The summed E-state index contributed by atoms with van der Waals surface area (Å²) in [5.41, 5.74) is 5.38. The summed E-state index contributed by atoms with van der Waals surface area (Å²) < 4.78 is 12.7. The van der Waals surface area contributed by atoms with E-state index in [1.54, 1.807) is 0 Å². The third kappa shape index (κ3) is 3.66. The molecule has 5 nitrogen and oxygen atoms in total. The summed E-state index contributed by atoms with van der Waals surface area (Å²) in [5, 5.41) is 0. The van der Waals surface area contributed by atoms with Gasteiger partial charge in [0.15, 0.2) is 0 Å². The summed E-state index contributed by atoms with van der Waals surface area (Å²) in [6, 6.07) is 3.01. The molecular formula is C14H21FN4O. The van der Waals surface area contributed by atoms with Crippen molar-refractivity contribution in [2.75, 3.05) is 12.0 Å². The second-order valence-corrected chi connectivity index (χ2v) is 5.32. The van der Waals surface area contributed by atoms with Crippen LogP contribution in [0.3, 0.4) is 0 Å². The molecule has 1 atom stereocenters. The molecule has 0 aliphatic carbocycles. The lowest BCUT2D eigenvalue weighted by Crippen LogP contribution is -2.53. The Hall–Kier alpha value is -1.69. The number of halogens is 1. The minimum atomic E-state index is -0.403. The van der Waals surface area contributed by atoms with Gasteiger partial charge in [-0.05, 0) is 45.4 Å². The van der Waals surface area contributed by atoms with E-state index < -0.39 is 5.82 Å². The highest BCUT2D eigenvalue weighted by molar-refractivity contribution is 5.82. The SMILES string of the molecule is CC(C)N1CCCCC1C(=O)NNc1ccc(F)cn1. The van der Waals surface area contributed by atoms with Gasteiger partial charge in [0.1, 0.15) is 11.6 Å². The van der Waals surface area contributed by atoms with Gasteiger partial charge in [0.05, 0.1) is 12.2 Å². The highest BCUT2D eigenvalue weighted by Crippen LogP contribution is 2.19. The quantitative estimate of drug-likeness (QED) is 0.827. The fourth-order valence-electron chi connectivity index (χ4n) is 2.51. The smallest absolute Gasteiger partial charge is 0.255 e. The number of amides is 1. The van der Waals surface area contributed by atoms with Crippen LogP contribution >= 0.6 is 0 Å². The molecule has 0 saturated carbocycles. The van der Waals surface area contributed by atoms with E-state index in [2.05, 4.69) is 34.6 Å². The van der Waals surface area contributed by atoms with Gasteiger partial charge in [-0.2, -0.15) is 0 Å². The van der Waals surface area contributed by atoms with E-state index in [0.717, 1.165) is 32.0 Å². The molecule has 0 bridgehead atoms.